The molecule has 0 radical (unpaired) electrons. The first-order chi connectivity index (χ1) is 9.31. The monoisotopic (exact) mass is 294 g/mol. The van der Waals surface area contributed by atoms with E-state index in [9.17, 15) is 8.42 Å². The van der Waals surface area contributed by atoms with Crippen molar-refractivity contribution in [3.05, 3.63) is 41.2 Å². The van der Waals surface area contributed by atoms with E-state index in [4.69, 9.17) is 5.73 Å². The van der Waals surface area contributed by atoms with Crippen LogP contribution in [0.4, 0.5) is 5.69 Å². The predicted octanol–water partition coefficient (Wildman–Crippen LogP) is 1.10. The minimum atomic E-state index is -3.59. The van der Waals surface area contributed by atoms with Gasteiger partial charge in [0.25, 0.3) is 0 Å². The van der Waals surface area contributed by atoms with Crippen LogP contribution < -0.4 is 10.5 Å². The SMILES string of the molecule is Cc1cc(S(=O)(=O)NCc2ccnn2C)cc(N)c1C. The number of hydrogen-bond donors (Lipinski definition) is 2. The molecule has 2 aromatic rings. The minimum Gasteiger partial charge on any atom is -0.398 e. The van der Waals surface area contributed by atoms with Gasteiger partial charge < -0.3 is 5.73 Å². The Morgan fingerprint density at radius 3 is 2.60 bits per heavy atom. The number of rotatable bonds is 4. The number of nitrogens with zero attached hydrogens (tertiary/aromatic N) is 2. The zero-order valence-electron chi connectivity index (χ0n) is 11.7. The average molecular weight is 294 g/mol. The Hall–Kier alpha value is -1.86. The molecule has 0 spiro atoms. The van der Waals surface area contributed by atoms with Gasteiger partial charge in [-0.15, -0.1) is 0 Å². The molecule has 0 saturated heterocycles. The maximum Gasteiger partial charge on any atom is 0.241 e. The van der Waals surface area contributed by atoms with Gasteiger partial charge in [0.1, 0.15) is 0 Å². The number of aromatic nitrogens is 2. The van der Waals surface area contributed by atoms with Crippen molar-refractivity contribution < 1.29 is 8.42 Å². The molecule has 1 heterocycles. The zero-order valence-corrected chi connectivity index (χ0v) is 12.5. The Labute approximate surface area is 118 Å². The molecular formula is C13H18N4O2S. The van der Waals surface area contributed by atoms with Gasteiger partial charge in [-0.1, -0.05) is 0 Å². The highest BCUT2D eigenvalue weighted by atomic mass is 32.2. The highest BCUT2D eigenvalue weighted by Gasteiger charge is 2.16. The topological polar surface area (TPSA) is 90.0 Å². The van der Waals surface area contributed by atoms with Crippen LogP contribution in [0.25, 0.3) is 0 Å². The van der Waals surface area contributed by atoms with E-state index in [-0.39, 0.29) is 11.4 Å². The van der Waals surface area contributed by atoms with E-state index in [0.717, 1.165) is 16.8 Å². The van der Waals surface area contributed by atoms with Crippen molar-refractivity contribution in [2.75, 3.05) is 5.73 Å². The third kappa shape index (κ3) is 2.83. The summed E-state index contributed by atoms with van der Waals surface area (Å²) in [5, 5.41) is 3.99. The van der Waals surface area contributed by atoms with E-state index < -0.39 is 10.0 Å². The van der Waals surface area contributed by atoms with Crippen molar-refractivity contribution in [3.8, 4) is 0 Å². The number of anilines is 1. The third-order valence-electron chi connectivity index (χ3n) is 3.36. The highest BCUT2D eigenvalue weighted by molar-refractivity contribution is 7.89. The van der Waals surface area contributed by atoms with E-state index in [0.29, 0.717) is 5.69 Å². The van der Waals surface area contributed by atoms with Crippen molar-refractivity contribution in [3.63, 3.8) is 0 Å². The van der Waals surface area contributed by atoms with Crippen LogP contribution >= 0.6 is 0 Å². The van der Waals surface area contributed by atoms with Crippen molar-refractivity contribution in [2.24, 2.45) is 7.05 Å². The lowest BCUT2D eigenvalue weighted by Gasteiger charge is -2.11. The Kier molecular flexibility index (Phi) is 3.82. The lowest BCUT2D eigenvalue weighted by molar-refractivity contribution is 0.577. The van der Waals surface area contributed by atoms with E-state index in [1.807, 2.05) is 13.8 Å². The molecule has 0 atom stereocenters. The third-order valence-corrected chi connectivity index (χ3v) is 4.74. The molecule has 0 aliphatic heterocycles. The van der Waals surface area contributed by atoms with E-state index in [2.05, 4.69) is 9.82 Å². The Balaban J connectivity index is 2.25. The lowest BCUT2D eigenvalue weighted by atomic mass is 10.1. The molecule has 1 aromatic heterocycles. The standard InChI is InChI=1S/C13H18N4O2S/c1-9-6-12(7-13(14)10(9)2)20(18,19)16-8-11-4-5-15-17(11)3/h4-7,16H,8,14H2,1-3H3. The Morgan fingerprint density at radius 2 is 2.05 bits per heavy atom. The number of benzene rings is 1. The van der Waals surface area contributed by atoms with E-state index >= 15 is 0 Å². The number of hydrogen-bond acceptors (Lipinski definition) is 4. The van der Waals surface area contributed by atoms with Crippen LogP contribution in [0.1, 0.15) is 16.8 Å². The molecule has 7 heteroatoms. The lowest BCUT2D eigenvalue weighted by Crippen LogP contribution is -2.24. The molecule has 108 valence electrons. The second-order valence-electron chi connectivity index (χ2n) is 4.73. The fourth-order valence-electron chi connectivity index (χ4n) is 1.83. The zero-order chi connectivity index (χ0) is 14.9. The molecular weight excluding hydrogens is 276 g/mol. The van der Waals surface area contributed by atoms with E-state index in [1.54, 1.807) is 30.1 Å². The van der Waals surface area contributed by atoms with Crippen LogP contribution in [-0.4, -0.2) is 18.2 Å². The van der Waals surface area contributed by atoms with Crippen LogP contribution in [-0.2, 0) is 23.6 Å². The summed E-state index contributed by atoms with van der Waals surface area (Å²) in [6.07, 6.45) is 1.62. The van der Waals surface area contributed by atoms with Crippen molar-refractivity contribution in [1.29, 1.82) is 0 Å². The normalized spacial score (nSPS) is 11.8. The van der Waals surface area contributed by atoms with Crippen LogP contribution in [0, 0.1) is 13.8 Å². The van der Waals surface area contributed by atoms with Gasteiger partial charge in [0.2, 0.25) is 10.0 Å². The Morgan fingerprint density at radius 1 is 1.35 bits per heavy atom. The molecule has 0 aliphatic rings. The van der Waals surface area contributed by atoms with Crippen LogP contribution in [0.2, 0.25) is 0 Å². The van der Waals surface area contributed by atoms with Gasteiger partial charge in [0.05, 0.1) is 17.1 Å². The molecule has 20 heavy (non-hydrogen) atoms. The number of nitrogen functional groups attached to an aromatic ring is 1. The largest absolute Gasteiger partial charge is 0.398 e. The molecule has 0 fully saturated rings. The maximum atomic E-state index is 12.3. The molecule has 0 bridgehead atoms. The molecule has 0 saturated carbocycles. The van der Waals surface area contributed by atoms with Gasteiger partial charge in [-0.05, 0) is 43.2 Å². The van der Waals surface area contributed by atoms with Crippen molar-refractivity contribution in [2.45, 2.75) is 25.3 Å². The first-order valence-corrected chi connectivity index (χ1v) is 7.63. The van der Waals surface area contributed by atoms with Crippen LogP contribution in [0.15, 0.2) is 29.3 Å². The average Bonchev–Trinajstić information content (AvgIpc) is 2.78. The molecule has 0 aliphatic carbocycles. The molecule has 3 N–H and O–H groups in total. The van der Waals surface area contributed by atoms with Gasteiger partial charge >= 0.3 is 0 Å². The number of sulfonamides is 1. The van der Waals surface area contributed by atoms with Gasteiger partial charge in [-0.25, -0.2) is 13.1 Å². The molecule has 2 rings (SSSR count). The fraction of sp³-hybridized carbons (Fsp3) is 0.308. The number of nitrogens with two attached hydrogens (primary N) is 1. The summed E-state index contributed by atoms with van der Waals surface area (Å²) in [5.41, 5.74) is 8.84. The van der Waals surface area contributed by atoms with Crippen LogP contribution in [0.3, 0.4) is 0 Å². The number of aryl methyl sites for hydroxylation is 2. The quantitative estimate of drug-likeness (QED) is 0.826. The molecule has 6 nitrogen and oxygen atoms in total. The summed E-state index contributed by atoms with van der Waals surface area (Å²) >= 11 is 0. The summed E-state index contributed by atoms with van der Waals surface area (Å²) in [4.78, 5) is 0.181. The second-order valence-corrected chi connectivity index (χ2v) is 6.49. The fourth-order valence-corrected chi connectivity index (χ4v) is 2.95. The van der Waals surface area contributed by atoms with Crippen LogP contribution in [0.5, 0.6) is 0 Å². The summed E-state index contributed by atoms with van der Waals surface area (Å²) in [6.45, 7) is 3.89. The summed E-state index contributed by atoms with van der Waals surface area (Å²) in [7, 11) is -1.82. The number of nitrogens with one attached hydrogen (secondary N) is 1. The van der Waals surface area contributed by atoms with E-state index in [1.165, 1.54) is 6.07 Å². The van der Waals surface area contributed by atoms with Crippen molar-refractivity contribution in [1.82, 2.24) is 14.5 Å². The maximum absolute atomic E-state index is 12.3. The van der Waals surface area contributed by atoms with Gasteiger partial charge in [0.15, 0.2) is 0 Å². The van der Waals surface area contributed by atoms with Gasteiger partial charge in [-0.3, -0.25) is 4.68 Å². The first-order valence-electron chi connectivity index (χ1n) is 6.14. The first kappa shape index (κ1) is 14.5. The summed E-state index contributed by atoms with van der Waals surface area (Å²) < 4.78 is 28.7. The Bertz CT molecular complexity index is 712. The molecule has 0 unspecified atom stereocenters. The van der Waals surface area contributed by atoms with Gasteiger partial charge in [0, 0.05) is 18.9 Å². The van der Waals surface area contributed by atoms with Crippen molar-refractivity contribution >= 4 is 15.7 Å². The second kappa shape index (κ2) is 5.26. The summed E-state index contributed by atoms with van der Waals surface area (Å²) in [6, 6.07) is 4.86. The summed E-state index contributed by atoms with van der Waals surface area (Å²) in [5.74, 6) is 0. The van der Waals surface area contributed by atoms with Gasteiger partial charge in [-0.2, -0.15) is 5.10 Å². The smallest absolute Gasteiger partial charge is 0.241 e. The predicted molar refractivity (Wildman–Crippen MR) is 77.6 cm³/mol. The highest BCUT2D eigenvalue weighted by Crippen LogP contribution is 2.21. The molecule has 1 aromatic carbocycles. The molecule has 0 amide bonds. The minimum absolute atomic E-state index is 0.181.